The molecule has 0 aliphatic heterocycles. The first-order valence-electron chi connectivity index (χ1n) is 7.05. The zero-order valence-electron chi connectivity index (χ0n) is 12.2. The standard InChI is InChI=1S/C15H14N6S/c1-10(2)13-17-18-15-21(13)19-14(22-15)11-8-16-20(9-11)12-6-4-3-5-7-12/h3-10H,1-2H3. The van der Waals surface area contributed by atoms with Gasteiger partial charge in [0.15, 0.2) is 10.8 Å². The lowest BCUT2D eigenvalue weighted by Gasteiger charge is -1.98. The van der Waals surface area contributed by atoms with Crippen molar-refractivity contribution in [3.63, 3.8) is 0 Å². The van der Waals surface area contributed by atoms with E-state index in [1.165, 1.54) is 11.3 Å². The third-order valence-corrected chi connectivity index (χ3v) is 4.33. The number of hydrogen-bond donors (Lipinski definition) is 0. The van der Waals surface area contributed by atoms with E-state index in [9.17, 15) is 0 Å². The summed E-state index contributed by atoms with van der Waals surface area (Å²) in [5.74, 6) is 1.17. The average Bonchev–Trinajstić information content (AvgIpc) is 3.22. The maximum absolute atomic E-state index is 4.63. The monoisotopic (exact) mass is 310 g/mol. The molecule has 0 saturated carbocycles. The summed E-state index contributed by atoms with van der Waals surface area (Å²) < 4.78 is 3.67. The molecule has 0 fully saturated rings. The van der Waals surface area contributed by atoms with Crippen molar-refractivity contribution in [3.05, 3.63) is 48.5 Å². The second kappa shape index (κ2) is 5.03. The summed E-state index contributed by atoms with van der Waals surface area (Å²) >= 11 is 1.52. The van der Waals surface area contributed by atoms with Gasteiger partial charge in [-0.25, -0.2) is 4.68 Å². The smallest absolute Gasteiger partial charge is 0.234 e. The van der Waals surface area contributed by atoms with E-state index >= 15 is 0 Å². The van der Waals surface area contributed by atoms with Crippen LogP contribution in [0.3, 0.4) is 0 Å². The Labute approximate surface area is 131 Å². The topological polar surface area (TPSA) is 60.9 Å². The lowest BCUT2D eigenvalue weighted by Crippen LogP contribution is -1.97. The van der Waals surface area contributed by atoms with Gasteiger partial charge in [-0.1, -0.05) is 43.4 Å². The van der Waals surface area contributed by atoms with Crippen molar-refractivity contribution in [2.24, 2.45) is 0 Å². The first kappa shape index (κ1) is 13.1. The van der Waals surface area contributed by atoms with Crippen molar-refractivity contribution in [1.82, 2.24) is 29.6 Å². The van der Waals surface area contributed by atoms with Gasteiger partial charge in [0.1, 0.15) is 0 Å². The van der Waals surface area contributed by atoms with Crippen LogP contribution in [0.2, 0.25) is 0 Å². The Balaban J connectivity index is 1.75. The van der Waals surface area contributed by atoms with E-state index < -0.39 is 0 Å². The van der Waals surface area contributed by atoms with Gasteiger partial charge in [-0.05, 0) is 12.1 Å². The molecule has 110 valence electrons. The number of para-hydroxylation sites is 1. The Kier molecular flexibility index (Phi) is 3.00. The van der Waals surface area contributed by atoms with Crippen molar-refractivity contribution in [3.8, 4) is 16.3 Å². The molecule has 22 heavy (non-hydrogen) atoms. The van der Waals surface area contributed by atoms with Crippen molar-refractivity contribution in [1.29, 1.82) is 0 Å². The summed E-state index contributed by atoms with van der Waals surface area (Å²) in [4.78, 5) is 0.811. The van der Waals surface area contributed by atoms with E-state index in [1.54, 1.807) is 0 Å². The van der Waals surface area contributed by atoms with Gasteiger partial charge < -0.3 is 0 Å². The van der Waals surface area contributed by atoms with Crippen LogP contribution in [0.1, 0.15) is 25.6 Å². The molecule has 0 N–H and O–H groups in total. The Morgan fingerprint density at radius 2 is 1.91 bits per heavy atom. The van der Waals surface area contributed by atoms with Crippen LogP contribution in [0.15, 0.2) is 42.7 Å². The molecule has 0 bridgehead atoms. The number of benzene rings is 1. The zero-order chi connectivity index (χ0) is 15.1. The van der Waals surface area contributed by atoms with Crippen LogP contribution in [0.4, 0.5) is 0 Å². The molecule has 0 spiro atoms. The van der Waals surface area contributed by atoms with E-state index in [0.717, 1.165) is 27.0 Å². The zero-order valence-corrected chi connectivity index (χ0v) is 13.0. The van der Waals surface area contributed by atoms with Gasteiger partial charge in [-0.15, -0.1) is 10.2 Å². The molecule has 1 aromatic carbocycles. The maximum Gasteiger partial charge on any atom is 0.234 e. The maximum atomic E-state index is 4.63. The van der Waals surface area contributed by atoms with Gasteiger partial charge in [-0.2, -0.15) is 14.7 Å². The van der Waals surface area contributed by atoms with Crippen molar-refractivity contribution >= 4 is 16.3 Å². The van der Waals surface area contributed by atoms with Crippen molar-refractivity contribution in [2.75, 3.05) is 0 Å². The molecule has 3 heterocycles. The largest absolute Gasteiger partial charge is 0.240 e. The fourth-order valence-corrected chi connectivity index (χ4v) is 3.09. The van der Waals surface area contributed by atoms with Crippen LogP contribution in [-0.2, 0) is 0 Å². The Hall–Kier alpha value is -2.54. The fourth-order valence-electron chi connectivity index (χ4n) is 2.26. The third-order valence-electron chi connectivity index (χ3n) is 3.38. The van der Waals surface area contributed by atoms with Gasteiger partial charge in [0, 0.05) is 12.1 Å². The van der Waals surface area contributed by atoms with Crippen molar-refractivity contribution < 1.29 is 0 Å². The number of hydrogen-bond acceptors (Lipinski definition) is 5. The Morgan fingerprint density at radius 3 is 2.68 bits per heavy atom. The minimum Gasteiger partial charge on any atom is -0.240 e. The van der Waals surface area contributed by atoms with Crippen LogP contribution in [0, 0.1) is 0 Å². The molecular formula is C15H14N6S. The summed E-state index contributed by atoms with van der Waals surface area (Å²) in [5, 5.41) is 18.3. The third kappa shape index (κ3) is 2.10. The van der Waals surface area contributed by atoms with E-state index in [-0.39, 0.29) is 5.92 Å². The molecule has 0 saturated heterocycles. The first-order chi connectivity index (χ1) is 10.7. The molecule has 6 nitrogen and oxygen atoms in total. The minimum atomic E-state index is 0.289. The molecule has 0 amide bonds. The van der Waals surface area contributed by atoms with Gasteiger partial charge in [0.25, 0.3) is 0 Å². The van der Waals surface area contributed by atoms with Crippen LogP contribution < -0.4 is 0 Å². The van der Waals surface area contributed by atoms with Gasteiger partial charge >= 0.3 is 0 Å². The molecule has 4 aromatic rings. The lowest BCUT2D eigenvalue weighted by atomic mass is 10.2. The second-order valence-corrected chi connectivity index (χ2v) is 6.28. The number of rotatable bonds is 3. The van der Waals surface area contributed by atoms with Crippen LogP contribution in [0.25, 0.3) is 21.2 Å². The Bertz CT molecular complexity index is 918. The molecule has 0 radical (unpaired) electrons. The number of nitrogens with zero attached hydrogens (tertiary/aromatic N) is 6. The van der Waals surface area contributed by atoms with E-state index in [2.05, 4.69) is 34.2 Å². The average molecular weight is 310 g/mol. The molecule has 3 aromatic heterocycles. The van der Waals surface area contributed by atoms with Gasteiger partial charge in [-0.3, -0.25) is 0 Å². The lowest BCUT2D eigenvalue weighted by molar-refractivity contribution is 0.727. The predicted octanol–water partition coefficient (Wildman–Crippen LogP) is 3.16. The molecular weight excluding hydrogens is 296 g/mol. The molecule has 0 unspecified atom stereocenters. The summed E-state index contributed by atoms with van der Waals surface area (Å²) in [6, 6.07) is 10.0. The Morgan fingerprint density at radius 1 is 1.09 bits per heavy atom. The highest BCUT2D eigenvalue weighted by Crippen LogP contribution is 2.27. The number of fused-ring (bicyclic) bond motifs is 1. The van der Waals surface area contributed by atoms with E-state index in [0.29, 0.717) is 0 Å². The highest BCUT2D eigenvalue weighted by molar-refractivity contribution is 7.19. The highest BCUT2D eigenvalue weighted by atomic mass is 32.1. The van der Waals surface area contributed by atoms with Crippen LogP contribution in [0.5, 0.6) is 0 Å². The summed E-state index contributed by atoms with van der Waals surface area (Å²) in [5.41, 5.74) is 2.01. The molecule has 0 aliphatic rings. The van der Waals surface area contributed by atoms with Crippen LogP contribution in [-0.4, -0.2) is 29.6 Å². The summed E-state index contributed by atoms with van der Waals surface area (Å²) in [6.07, 6.45) is 3.81. The molecule has 4 rings (SSSR count). The molecule has 0 atom stereocenters. The normalized spacial score (nSPS) is 11.6. The molecule has 7 heteroatoms. The second-order valence-electron chi connectivity index (χ2n) is 5.32. The quantitative estimate of drug-likeness (QED) is 0.583. The summed E-state index contributed by atoms with van der Waals surface area (Å²) in [7, 11) is 0. The minimum absolute atomic E-state index is 0.289. The SMILES string of the molecule is CC(C)c1nnc2sc(-c3cnn(-c4ccccc4)c3)nn12. The highest BCUT2D eigenvalue weighted by Gasteiger charge is 2.16. The van der Waals surface area contributed by atoms with E-state index in [4.69, 9.17) is 0 Å². The van der Waals surface area contributed by atoms with Crippen molar-refractivity contribution in [2.45, 2.75) is 19.8 Å². The summed E-state index contributed by atoms with van der Waals surface area (Å²) in [6.45, 7) is 4.17. The molecule has 0 aliphatic carbocycles. The van der Waals surface area contributed by atoms with Crippen LogP contribution >= 0.6 is 11.3 Å². The fraction of sp³-hybridized carbons (Fsp3) is 0.200. The predicted molar refractivity (Wildman–Crippen MR) is 85.3 cm³/mol. The van der Waals surface area contributed by atoms with E-state index in [1.807, 2.05) is 51.9 Å². The first-order valence-corrected chi connectivity index (χ1v) is 7.86. The van der Waals surface area contributed by atoms with Gasteiger partial charge in [0.2, 0.25) is 4.96 Å². The number of aromatic nitrogens is 6. The van der Waals surface area contributed by atoms with Gasteiger partial charge in [0.05, 0.1) is 17.4 Å².